The zero-order valence-corrected chi connectivity index (χ0v) is 13.7. The minimum atomic E-state index is 0.219. The molecule has 120 valence electrons. The fourth-order valence-corrected chi connectivity index (χ4v) is 3.93. The number of rotatable bonds is 3. The minimum Gasteiger partial charge on any atom is -0.333 e. The van der Waals surface area contributed by atoms with Crippen LogP contribution < -0.4 is 0 Å². The molecule has 1 aliphatic carbocycles. The van der Waals surface area contributed by atoms with Crippen LogP contribution in [0.4, 0.5) is 0 Å². The largest absolute Gasteiger partial charge is 0.333 e. The van der Waals surface area contributed by atoms with Crippen LogP contribution in [0.25, 0.3) is 0 Å². The number of carbonyl (C=O) groups is 1. The van der Waals surface area contributed by atoms with Crippen molar-refractivity contribution in [2.24, 2.45) is 5.92 Å². The Hall–Kier alpha value is -1.35. The van der Waals surface area contributed by atoms with Crippen LogP contribution in [0.15, 0.2) is 30.3 Å². The Bertz CT molecular complexity index is 481. The molecule has 2 fully saturated rings. The molecule has 3 rings (SSSR count). The molecule has 0 N–H and O–H groups in total. The zero-order chi connectivity index (χ0) is 15.4. The second-order valence-electron chi connectivity index (χ2n) is 6.98. The predicted molar refractivity (Wildman–Crippen MR) is 89.6 cm³/mol. The van der Waals surface area contributed by atoms with Crippen LogP contribution in [-0.4, -0.2) is 42.4 Å². The summed E-state index contributed by atoms with van der Waals surface area (Å²) in [7, 11) is 2.15. The summed E-state index contributed by atoms with van der Waals surface area (Å²) < 4.78 is 0. The molecule has 1 amide bonds. The third-order valence-electron chi connectivity index (χ3n) is 5.28. The fraction of sp³-hybridized carbons (Fsp3) is 0.632. The Labute approximate surface area is 134 Å². The molecule has 1 saturated carbocycles. The average molecular weight is 300 g/mol. The van der Waals surface area contributed by atoms with Crippen molar-refractivity contribution in [1.29, 1.82) is 0 Å². The minimum absolute atomic E-state index is 0.219. The summed E-state index contributed by atoms with van der Waals surface area (Å²) in [6.07, 6.45) is 7.22. The van der Waals surface area contributed by atoms with Gasteiger partial charge >= 0.3 is 0 Å². The lowest BCUT2D eigenvalue weighted by atomic mass is 9.86. The number of hydrogen-bond donors (Lipinski definition) is 0. The van der Waals surface area contributed by atoms with E-state index in [1.54, 1.807) is 0 Å². The van der Waals surface area contributed by atoms with Gasteiger partial charge in [-0.05, 0) is 31.4 Å². The van der Waals surface area contributed by atoms with Gasteiger partial charge in [-0.25, -0.2) is 0 Å². The third kappa shape index (κ3) is 3.70. The Morgan fingerprint density at radius 1 is 1.09 bits per heavy atom. The Morgan fingerprint density at radius 3 is 2.55 bits per heavy atom. The normalized spacial score (nSPS) is 24.4. The molecule has 0 aromatic heterocycles. The van der Waals surface area contributed by atoms with Crippen molar-refractivity contribution in [3.63, 3.8) is 0 Å². The van der Waals surface area contributed by atoms with Gasteiger partial charge in [0.1, 0.15) is 0 Å². The lowest BCUT2D eigenvalue weighted by molar-refractivity contribution is -0.137. The molecule has 1 heterocycles. The maximum atomic E-state index is 12.9. The SMILES string of the molecule is CN1CCN(C(=O)CC2CCCCC2)C(c2ccccc2)C1. The predicted octanol–water partition coefficient (Wildman–Crippen LogP) is 3.47. The Balaban J connectivity index is 1.70. The molecule has 1 unspecified atom stereocenters. The number of hydrogen-bond acceptors (Lipinski definition) is 2. The summed E-state index contributed by atoms with van der Waals surface area (Å²) in [5.74, 6) is 0.992. The molecule has 1 atom stereocenters. The Morgan fingerprint density at radius 2 is 1.82 bits per heavy atom. The van der Waals surface area contributed by atoms with Gasteiger partial charge in [0, 0.05) is 26.1 Å². The first-order valence-electron chi connectivity index (χ1n) is 8.77. The smallest absolute Gasteiger partial charge is 0.223 e. The summed E-state index contributed by atoms with van der Waals surface area (Å²) >= 11 is 0. The van der Waals surface area contributed by atoms with Crippen LogP contribution in [0, 0.1) is 5.92 Å². The molecule has 1 aromatic carbocycles. The van der Waals surface area contributed by atoms with Crippen LogP contribution in [0.3, 0.4) is 0 Å². The van der Waals surface area contributed by atoms with Crippen LogP contribution in [0.1, 0.15) is 50.1 Å². The van der Waals surface area contributed by atoms with Crippen LogP contribution in [0.2, 0.25) is 0 Å². The van der Waals surface area contributed by atoms with Crippen LogP contribution >= 0.6 is 0 Å². The number of benzene rings is 1. The van der Waals surface area contributed by atoms with E-state index in [1.165, 1.54) is 37.7 Å². The molecule has 2 aliphatic rings. The van der Waals surface area contributed by atoms with E-state index in [2.05, 4.69) is 41.1 Å². The summed E-state index contributed by atoms with van der Waals surface area (Å²) in [4.78, 5) is 17.3. The molecule has 0 spiro atoms. The van der Waals surface area contributed by atoms with Gasteiger partial charge in [0.05, 0.1) is 6.04 Å². The molecule has 3 nitrogen and oxygen atoms in total. The van der Waals surface area contributed by atoms with Gasteiger partial charge in [-0.2, -0.15) is 0 Å². The van der Waals surface area contributed by atoms with Gasteiger partial charge < -0.3 is 9.80 Å². The van der Waals surface area contributed by atoms with Gasteiger partial charge in [0.15, 0.2) is 0 Å². The highest BCUT2D eigenvalue weighted by atomic mass is 16.2. The highest BCUT2D eigenvalue weighted by Gasteiger charge is 2.31. The van der Waals surface area contributed by atoms with E-state index in [0.717, 1.165) is 26.1 Å². The van der Waals surface area contributed by atoms with Crippen molar-refractivity contribution >= 4 is 5.91 Å². The first-order chi connectivity index (χ1) is 10.7. The number of carbonyl (C=O) groups excluding carboxylic acids is 1. The van der Waals surface area contributed by atoms with E-state index in [1.807, 2.05) is 6.07 Å². The zero-order valence-electron chi connectivity index (χ0n) is 13.7. The fourth-order valence-electron chi connectivity index (χ4n) is 3.93. The third-order valence-corrected chi connectivity index (χ3v) is 5.28. The molecule has 0 radical (unpaired) electrons. The number of likely N-dealkylation sites (N-methyl/N-ethyl adjacent to an activating group) is 1. The van der Waals surface area contributed by atoms with Crippen molar-refractivity contribution in [3.05, 3.63) is 35.9 Å². The lowest BCUT2D eigenvalue weighted by Crippen LogP contribution is -2.49. The second kappa shape index (κ2) is 7.28. The van der Waals surface area contributed by atoms with Crippen molar-refractivity contribution in [2.75, 3.05) is 26.7 Å². The van der Waals surface area contributed by atoms with E-state index < -0.39 is 0 Å². The van der Waals surface area contributed by atoms with Gasteiger partial charge in [-0.3, -0.25) is 4.79 Å². The number of nitrogens with zero attached hydrogens (tertiary/aromatic N) is 2. The second-order valence-corrected chi connectivity index (χ2v) is 6.98. The highest BCUT2D eigenvalue weighted by molar-refractivity contribution is 5.77. The van der Waals surface area contributed by atoms with E-state index in [9.17, 15) is 4.79 Å². The highest BCUT2D eigenvalue weighted by Crippen LogP contribution is 2.30. The van der Waals surface area contributed by atoms with E-state index in [0.29, 0.717) is 11.8 Å². The molecule has 1 aliphatic heterocycles. The van der Waals surface area contributed by atoms with Crippen LogP contribution in [-0.2, 0) is 4.79 Å². The van der Waals surface area contributed by atoms with Gasteiger partial charge in [-0.1, -0.05) is 49.6 Å². The molecular formula is C19H28N2O. The summed E-state index contributed by atoms with van der Waals surface area (Å²) in [5, 5.41) is 0. The summed E-state index contributed by atoms with van der Waals surface area (Å²) in [6.45, 7) is 2.79. The van der Waals surface area contributed by atoms with Crippen molar-refractivity contribution < 1.29 is 4.79 Å². The molecule has 0 bridgehead atoms. The topological polar surface area (TPSA) is 23.6 Å². The van der Waals surface area contributed by atoms with Gasteiger partial charge in [-0.15, -0.1) is 0 Å². The quantitative estimate of drug-likeness (QED) is 0.853. The standard InChI is InChI=1S/C19H28N2O/c1-20-12-13-21(18(15-20)17-10-6-3-7-11-17)19(22)14-16-8-4-2-5-9-16/h3,6-7,10-11,16,18H,2,4-5,8-9,12-15H2,1H3. The molecule has 22 heavy (non-hydrogen) atoms. The first kappa shape index (κ1) is 15.5. The van der Waals surface area contributed by atoms with Gasteiger partial charge in [0.25, 0.3) is 0 Å². The summed E-state index contributed by atoms with van der Waals surface area (Å²) in [6, 6.07) is 10.7. The first-order valence-corrected chi connectivity index (χ1v) is 8.77. The monoisotopic (exact) mass is 300 g/mol. The molecule has 1 aromatic rings. The maximum absolute atomic E-state index is 12.9. The van der Waals surface area contributed by atoms with Gasteiger partial charge in [0.2, 0.25) is 5.91 Å². The Kier molecular flexibility index (Phi) is 5.14. The van der Waals surface area contributed by atoms with Crippen molar-refractivity contribution in [3.8, 4) is 0 Å². The molecular weight excluding hydrogens is 272 g/mol. The van der Waals surface area contributed by atoms with Crippen molar-refractivity contribution in [1.82, 2.24) is 9.80 Å². The maximum Gasteiger partial charge on any atom is 0.223 e. The van der Waals surface area contributed by atoms with E-state index in [4.69, 9.17) is 0 Å². The van der Waals surface area contributed by atoms with Crippen LogP contribution in [0.5, 0.6) is 0 Å². The average Bonchev–Trinajstić information content (AvgIpc) is 2.56. The van der Waals surface area contributed by atoms with E-state index >= 15 is 0 Å². The molecule has 3 heteroatoms. The summed E-state index contributed by atoms with van der Waals surface area (Å²) in [5.41, 5.74) is 1.27. The lowest BCUT2D eigenvalue weighted by Gasteiger charge is -2.41. The molecule has 1 saturated heterocycles. The number of amides is 1. The van der Waals surface area contributed by atoms with Crippen molar-refractivity contribution in [2.45, 2.75) is 44.6 Å². The van der Waals surface area contributed by atoms with E-state index in [-0.39, 0.29) is 6.04 Å². The number of piperazine rings is 1.